The van der Waals surface area contributed by atoms with Crippen molar-refractivity contribution < 1.29 is 4.79 Å². The Kier molecular flexibility index (Phi) is 5.62. The quantitative estimate of drug-likeness (QED) is 0.475. The number of aryl methyl sites for hydroxylation is 1. The molecule has 4 rings (SSSR count). The molecule has 0 saturated carbocycles. The normalized spacial score (nSPS) is 12.1. The SMILES string of the molecule is Cc1ccccc1-n1cnnc1SCC(=O)NC(C)c1cccc2ccccc12. The molecule has 1 aromatic heterocycles. The van der Waals surface area contributed by atoms with Gasteiger partial charge in [-0.3, -0.25) is 9.36 Å². The summed E-state index contributed by atoms with van der Waals surface area (Å²) in [5.74, 6) is 0.245. The molecule has 0 bridgehead atoms. The van der Waals surface area contributed by atoms with Crippen LogP contribution in [0.2, 0.25) is 0 Å². The molecule has 1 unspecified atom stereocenters. The minimum Gasteiger partial charge on any atom is -0.349 e. The van der Waals surface area contributed by atoms with Gasteiger partial charge in [-0.2, -0.15) is 0 Å². The first-order valence-corrected chi connectivity index (χ1v) is 10.5. The second-order valence-electron chi connectivity index (χ2n) is 6.92. The fourth-order valence-electron chi connectivity index (χ4n) is 3.44. The molecule has 4 aromatic rings. The van der Waals surface area contributed by atoms with E-state index in [4.69, 9.17) is 0 Å². The monoisotopic (exact) mass is 402 g/mol. The maximum Gasteiger partial charge on any atom is 0.230 e. The van der Waals surface area contributed by atoms with Gasteiger partial charge in [0.1, 0.15) is 6.33 Å². The van der Waals surface area contributed by atoms with Gasteiger partial charge < -0.3 is 5.32 Å². The van der Waals surface area contributed by atoms with Gasteiger partial charge >= 0.3 is 0 Å². The Labute approximate surface area is 174 Å². The molecule has 0 aliphatic rings. The van der Waals surface area contributed by atoms with Crippen molar-refractivity contribution in [2.24, 2.45) is 0 Å². The summed E-state index contributed by atoms with van der Waals surface area (Å²) in [6.45, 7) is 4.06. The van der Waals surface area contributed by atoms with E-state index >= 15 is 0 Å². The summed E-state index contributed by atoms with van der Waals surface area (Å²) in [5.41, 5.74) is 3.26. The highest BCUT2D eigenvalue weighted by molar-refractivity contribution is 7.99. The first-order valence-electron chi connectivity index (χ1n) is 9.49. The zero-order chi connectivity index (χ0) is 20.2. The number of carbonyl (C=O) groups excluding carboxylic acids is 1. The summed E-state index contributed by atoms with van der Waals surface area (Å²) in [6.07, 6.45) is 1.68. The van der Waals surface area contributed by atoms with Crippen LogP contribution < -0.4 is 5.32 Å². The highest BCUT2D eigenvalue weighted by atomic mass is 32.2. The lowest BCUT2D eigenvalue weighted by Gasteiger charge is -2.16. The van der Waals surface area contributed by atoms with Gasteiger partial charge in [0.25, 0.3) is 0 Å². The number of hydrogen-bond acceptors (Lipinski definition) is 4. The Morgan fingerprint density at radius 1 is 1.07 bits per heavy atom. The molecule has 0 aliphatic heterocycles. The summed E-state index contributed by atoms with van der Waals surface area (Å²) in [4.78, 5) is 12.6. The number of hydrogen-bond donors (Lipinski definition) is 1. The first-order chi connectivity index (χ1) is 14.1. The predicted molar refractivity (Wildman–Crippen MR) is 117 cm³/mol. The molecule has 146 valence electrons. The topological polar surface area (TPSA) is 59.8 Å². The number of thioether (sulfide) groups is 1. The Balaban J connectivity index is 1.44. The third-order valence-corrected chi connectivity index (χ3v) is 5.83. The van der Waals surface area contributed by atoms with Crippen molar-refractivity contribution in [2.45, 2.75) is 25.0 Å². The Hall–Kier alpha value is -3.12. The van der Waals surface area contributed by atoms with Crippen molar-refractivity contribution in [3.05, 3.63) is 84.2 Å². The Morgan fingerprint density at radius 2 is 1.83 bits per heavy atom. The van der Waals surface area contributed by atoms with Crippen LogP contribution in [0.1, 0.15) is 24.1 Å². The van der Waals surface area contributed by atoms with Gasteiger partial charge in [-0.25, -0.2) is 0 Å². The van der Waals surface area contributed by atoms with E-state index in [1.807, 2.05) is 60.9 Å². The third-order valence-electron chi connectivity index (χ3n) is 4.89. The molecule has 6 heteroatoms. The van der Waals surface area contributed by atoms with Gasteiger partial charge in [0.15, 0.2) is 5.16 Å². The maximum atomic E-state index is 12.6. The zero-order valence-electron chi connectivity index (χ0n) is 16.4. The summed E-state index contributed by atoms with van der Waals surface area (Å²) >= 11 is 1.38. The largest absolute Gasteiger partial charge is 0.349 e. The van der Waals surface area contributed by atoms with Crippen molar-refractivity contribution in [1.29, 1.82) is 0 Å². The molecule has 1 atom stereocenters. The Bertz CT molecular complexity index is 1150. The minimum absolute atomic E-state index is 0.0326. The highest BCUT2D eigenvalue weighted by Gasteiger charge is 2.15. The summed E-state index contributed by atoms with van der Waals surface area (Å²) < 4.78 is 1.92. The number of amides is 1. The van der Waals surface area contributed by atoms with E-state index in [1.54, 1.807) is 6.33 Å². The van der Waals surface area contributed by atoms with E-state index in [1.165, 1.54) is 17.1 Å². The molecule has 0 aliphatic carbocycles. The standard InChI is InChI=1S/C23H22N4OS/c1-16-8-3-6-13-21(16)27-15-24-26-23(27)29-14-22(28)25-17(2)19-12-7-10-18-9-4-5-11-20(18)19/h3-13,15,17H,14H2,1-2H3,(H,25,28). The van der Waals surface area contributed by atoms with E-state index in [0.29, 0.717) is 5.16 Å². The molecule has 1 N–H and O–H groups in total. The molecule has 29 heavy (non-hydrogen) atoms. The fraction of sp³-hybridized carbons (Fsp3) is 0.174. The van der Waals surface area contributed by atoms with Crippen LogP contribution in [0.5, 0.6) is 0 Å². The van der Waals surface area contributed by atoms with Gasteiger partial charge in [-0.05, 0) is 41.8 Å². The second kappa shape index (κ2) is 8.49. The van der Waals surface area contributed by atoms with Gasteiger partial charge in [-0.1, -0.05) is 72.4 Å². The van der Waals surface area contributed by atoms with E-state index in [2.05, 4.69) is 39.8 Å². The number of fused-ring (bicyclic) bond motifs is 1. The van der Waals surface area contributed by atoms with E-state index < -0.39 is 0 Å². The number of nitrogens with zero attached hydrogens (tertiary/aromatic N) is 3. The number of rotatable bonds is 6. The van der Waals surface area contributed by atoms with Gasteiger partial charge in [0, 0.05) is 0 Å². The van der Waals surface area contributed by atoms with Crippen molar-refractivity contribution in [1.82, 2.24) is 20.1 Å². The molecule has 0 radical (unpaired) electrons. The summed E-state index contributed by atoms with van der Waals surface area (Å²) in [5, 5.41) is 14.3. The van der Waals surface area contributed by atoms with Crippen molar-refractivity contribution in [2.75, 3.05) is 5.75 Å². The van der Waals surface area contributed by atoms with Crippen LogP contribution in [0.3, 0.4) is 0 Å². The van der Waals surface area contributed by atoms with E-state index in [9.17, 15) is 4.79 Å². The number of carbonyl (C=O) groups is 1. The minimum atomic E-state index is -0.0802. The zero-order valence-corrected chi connectivity index (χ0v) is 17.2. The lowest BCUT2D eigenvalue weighted by Crippen LogP contribution is -2.28. The Morgan fingerprint density at radius 3 is 2.69 bits per heavy atom. The highest BCUT2D eigenvalue weighted by Crippen LogP contribution is 2.25. The first kappa shape index (κ1) is 19.2. The molecular weight excluding hydrogens is 380 g/mol. The van der Waals surface area contributed by atoms with Crippen molar-refractivity contribution >= 4 is 28.4 Å². The summed E-state index contributed by atoms with van der Waals surface area (Å²) in [6, 6.07) is 22.4. The van der Waals surface area contributed by atoms with E-state index in [-0.39, 0.29) is 17.7 Å². The molecule has 0 fully saturated rings. The van der Waals surface area contributed by atoms with Crippen molar-refractivity contribution in [3.63, 3.8) is 0 Å². The molecule has 5 nitrogen and oxygen atoms in total. The van der Waals surface area contributed by atoms with Crippen LogP contribution >= 0.6 is 11.8 Å². The van der Waals surface area contributed by atoms with Crippen LogP contribution in [-0.2, 0) is 4.79 Å². The molecular formula is C23H22N4OS. The second-order valence-corrected chi connectivity index (χ2v) is 7.86. The van der Waals surface area contributed by atoms with Crippen LogP contribution in [0.25, 0.3) is 16.5 Å². The van der Waals surface area contributed by atoms with Crippen LogP contribution in [0.15, 0.2) is 78.2 Å². The van der Waals surface area contributed by atoms with Gasteiger partial charge in [0.2, 0.25) is 5.91 Å². The smallest absolute Gasteiger partial charge is 0.230 e. The van der Waals surface area contributed by atoms with Gasteiger partial charge in [0.05, 0.1) is 17.5 Å². The lowest BCUT2D eigenvalue weighted by atomic mass is 10.00. The van der Waals surface area contributed by atoms with Crippen LogP contribution in [0, 0.1) is 6.92 Å². The number of nitrogens with one attached hydrogen (secondary N) is 1. The molecule has 0 spiro atoms. The maximum absolute atomic E-state index is 12.6. The average Bonchev–Trinajstić information content (AvgIpc) is 3.20. The fourth-order valence-corrected chi connectivity index (χ4v) is 4.17. The van der Waals surface area contributed by atoms with Gasteiger partial charge in [-0.15, -0.1) is 10.2 Å². The van der Waals surface area contributed by atoms with Crippen LogP contribution in [0.4, 0.5) is 0 Å². The predicted octanol–water partition coefficient (Wildman–Crippen LogP) is 4.70. The third kappa shape index (κ3) is 4.17. The average molecular weight is 403 g/mol. The lowest BCUT2D eigenvalue weighted by molar-refractivity contribution is -0.119. The molecule has 1 heterocycles. The number of benzene rings is 3. The number of para-hydroxylation sites is 1. The van der Waals surface area contributed by atoms with E-state index in [0.717, 1.165) is 22.2 Å². The molecule has 1 amide bonds. The van der Waals surface area contributed by atoms with Crippen LogP contribution in [-0.4, -0.2) is 26.4 Å². The number of aromatic nitrogens is 3. The molecule has 3 aromatic carbocycles. The van der Waals surface area contributed by atoms with Crippen molar-refractivity contribution in [3.8, 4) is 5.69 Å². The summed E-state index contributed by atoms with van der Waals surface area (Å²) in [7, 11) is 0. The molecule has 0 saturated heterocycles.